The van der Waals surface area contributed by atoms with Gasteiger partial charge in [0.15, 0.2) is 0 Å². The molecular weight excluding hydrogens is 280 g/mol. The van der Waals surface area contributed by atoms with Gasteiger partial charge in [0.1, 0.15) is 0 Å². The second kappa shape index (κ2) is 6.72. The van der Waals surface area contributed by atoms with Crippen LogP contribution in [0.5, 0.6) is 6.01 Å². The monoisotopic (exact) mass is 292 g/mol. The van der Waals surface area contributed by atoms with Gasteiger partial charge in [0.05, 0.1) is 35.4 Å². The lowest BCUT2D eigenvalue weighted by molar-refractivity contribution is 0.262. The van der Waals surface area contributed by atoms with Crippen LogP contribution in [0.25, 0.3) is 0 Å². The summed E-state index contributed by atoms with van der Waals surface area (Å²) in [4.78, 5) is 19.7. The van der Waals surface area contributed by atoms with Gasteiger partial charge in [0.25, 0.3) is 0 Å². The predicted molar refractivity (Wildman–Crippen MR) is 77.3 cm³/mol. The second-order valence-electron chi connectivity index (χ2n) is 3.75. The molecule has 2 N–H and O–H groups in total. The fourth-order valence-electron chi connectivity index (χ4n) is 1.43. The fraction of sp³-hybridized carbons (Fsp3) is 0.154. The zero-order valence-electron chi connectivity index (χ0n) is 10.8. The number of ether oxygens (including phenoxy) is 1. The molecule has 20 heavy (non-hydrogen) atoms. The standard InChI is InChI=1S/C13H13ClN4O2/c1-2-20-13-15-7-9(8-16-13)17-12(19)18-11-6-4-3-5-10(11)14/h3-8H,2H2,1H3,(H2,17,18,19). The number of hydrogen-bond donors (Lipinski definition) is 2. The Morgan fingerprint density at radius 1 is 1.25 bits per heavy atom. The smallest absolute Gasteiger partial charge is 0.323 e. The van der Waals surface area contributed by atoms with Gasteiger partial charge in [0, 0.05) is 0 Å². The number of halogens is 1. The number of hydrogen-bond acceptors (Lipinski definition) is 4. The number of benzene rings is 1. The highest BCUT2D eigenvalue weighted by atomic mass is 35.5. The van der Waals surface area contributed by atoms with Crippen LogP contribution in [0.4, 0.5) is 16.2 Å². The first-order chi connectivity index (χ1) is 9.69. The maximum absolute atomic E-state index is 11.8. The molecule has 0 spiro atoms. The summed E-state index contributed by atoms with van der Waals surface area (Å²) in [7, 11) is 0. The predicted octanol–water partition coefficient (Wildman–Crippen LogP) is 3.17. The number of amides is 2. The lowest BCUT2D eigenvalue weighted by atomic mass is 10.3. The molecule has 0 radical (unpaired) electrons. The van der Waals surface area contributed by atoms with E-state index in [0.717, 1.165) is 0 Å². The quantitative estimate of drug-likeness (QED) is 0.907. The summed E-state index contributed by atoms with van der Waals surface area (Å²) in [5, 5.41) is 5.69. The number of anilines is 2. The van der Waals surface area contributed by atoms with Crippen molar-refractivity contribution in [3.05, 3.63) is 41.7 Å². The van der Waals surface area contributed by atoms with Crippen LogP contribution < -0.4 is 15.4 Å². The molecule has 0 unspecified atom stereocenters. The Labute approximate surface area is 121 Å². The van der Waals surface area contributed by atoms with Crippen molar-refractivity contribution in [2.75, 3.05) is 17.2 Å². The third-order valence-corrected chi connectivity index (χ3v) is 2.61. The minimum atomic E-state index is -0.425. The minimum absolute atomic E-state index is 0.268. The van der Waals surface area contributed by atoms with Crippen molar-refractivity contribution in [3.8, 4) is 6.01 Å². The summed E-state index contributed by atoms with van der Waals surface area (Å²) < 4.78 is 5.11. The van der Waals surface area contributed by atoms with E-state index in [2.05, 4.69) is 20.6 Å². The number of rotatable bonds is 4. The van der Waals surface area contributed by atoms with E-state index in [4.69, 9.17) is 16.3 Å². The Kier molecular flexibility index (Phi) is 4.73. The molecule has 0 aliphatic rings. The molecule has 2 amide bonds. The molecule has 2 aromatic rings. The SMILES string of the molecule is CCOc1ncc(NC(=O)Nc2ccccc2Cl)cn1. The third-order valence-electron chi connectivity index (χ3n) is 2.28. The van der Waals surface area contributed by atoms with E-state index >= 15 is 0 Å². The first-order valence-corrected chi connectivity index (χ1v) is 6.34. The number of urea groups is 1. The van der Waals surface area contributed by atoms with Gasteiger partial charge in [-0.2, -0.15) is 0 Å². The highest BCUT2D eigenvalue weighted by molar-refractivity contribution is 6.33. The van der Waals surface area contributed by atoms with Crippen molar-refractivity contribution < 1.29 is 9.53 Å². The van der Waals surface area contributed by atoms with E-state index in [1.54, 1.807) is 24.3 Å². The lowest BCUT2D eigenvalue weighted by Gasteiger charge is -2.08. The summed E-state index contributed by atoms with van der Waals surface area (Å²) >= 11 is 5.94. The summed E-state index contributed by atoms with van der Waals surface area (Å²) in [6.45, 7) is 2.33. The van der Waals surface area contributed by atoms with E-state index in [0.29, 0.717) is 23.0 Å². The highest BCUT2D eigenvalue weighted by Gasteiger charge is 2.06. The highest BCUT2D eigenvalue weighted by Crippen LogP contribution is 2.20. The molecule has 104 valence electrons. The van der Waals surface area contributed by atoms with Crippen LogP contribution in [-0.2, 0) is 0 Å². The van der Waals surface area contributed by atoms with Crippen molar-refractivity contribution in [2.24, 2.45) is 0 Å². The van der Waals surface area contributed by atoms with E-state index in [9.17, 15) is 4.79 Å². The molecule has 0 saturated carbocycles. The van der Waals surface area contributed by atoms with E-state index < -0.39 is 6.03 Å². The van der Waals surface area contributed by atoms with Gasteiger partial charge in [0.2, 0.25) is 0 Å². The Morgan fingerprint density at radius 3 is 2.60 bits per heavy atom. The zero-order chi connectivity index (χ0) is 14.4. The van der Waals surface area contributed by atoms with Gasteiger partial charge in [-0.3, -0.25) is 0 Å². The van der Waals surface area contributed by atoms with Gasteiger partial charge in [-0.05, 0) is 19.1 Å². The van der Waals surface area contributed by atoms with Crippen LogP contribution in [0, 0.1) is 0 Å². The molecule has 7 heteroatoms. The molecule has 6 nitrogen and oxygen atoms in total. The first-order valence-electron chi connectivity index (χ1n) is 5.96. The normalized spacial score (nSPS) is 9.90. The Bertz CT molecular complexity index is 589. The Balaban J connectivity index is 1.96. The number of aromatic nitrogens is 2. The molecule has 0 fully saturated rings. The van der Waals surface area contributed by atoms with Crippen LogP contribution in [0.2, 0.25) is 5.02 Å². The lowest BCUT2D eigenvalue weighted by Crippen LogP contribution is -2.19. The van der Waals surface area contributed by atoms with Crippen LogP contribution in [-0.4, -0.2) is 22.6 Å². The summed E-state index contributed by atoms with van der Waals surface area (Å²) in [6, 6.07) is 6.80. The maximum atomic E-state index is 11.8. The Morgan fingerprint density at radius 2 is 1.95 bits per heavy atom. The summed E-state index contributed by atoms with van der Waals surface area (Å²) in [5.41, 5.74) is 0.983. The molecule has 1 heterocycles. The largest absolute Gasteiger partial charge is 0.464 e. The fourth-order valence-corrected chi connectivity index (χ4v) is 1.61. The average Bonchev–Trinajstić information content (AvgIpc) is 2.44. The zero-order valence-corrected chi connectivity index (χ0v) is 11.5. The molecule has 0 saturated heterocycles. The topological polar surface area (TPSA) is 76.1 Å². The number of carbonyl (C=O) groups excluding carboxylic acids is 1. The molecule has 0 bridgehead atoms. The van der Waals surface area contributed by atoms with Crippen LogP contribution >= 0.6 is 11.6 Å². The third kappa shape index (κ3) is 3.83. The summed E-state index contributed by atoms with van der Waals surface area (Å²) in [5.74, 6) is 0. The van der Waals surface area contributed by atoms with Crippen molar-refractivity contribution in [1.29, 1.82) is 0 Å². The van der Waals surface area contributed by atoms with Gasteiger partial charge >= 0.3 is 12.0 Å². The van der Waals surface area contributed by atoms with Crippen LogP contribution in [0.15, 0.2) is 36.7 Å². The maximum Gasteiger partial charge on any atom is 0.323 e. The van der Waals surface area contributed by atoms with Crippen molar-refractivity contribution in [1.82, 2.24) is 9.97 Å². The average molecular weight is 293 g/mol. The van der Waals surface area contributed by atoms with Gasteiger partial charge in [-0.25, -0.2) is 14.8 Å². The molecule has 1 aromatic heterocycles. The number of carbonyl (C=O) groups is 1. The molecular formula is C13H13ClN4O2. The molecule has 0 aliphatic heterocycles. The van der Waals surface area contributed by atoms with Crippen molar-refractivity contribution in [2.45, 2.75) is 6.92 Å². The molecule has 2 rings (SSSR count). The first kappa shape index (κ1) is 14.1. The van der Waals surface area contributed by atoms with E-state index in [-0.39, 0.29) is 6.01 Å². The molecule has 0 atom stereocenters. The van der Waals surface area contributed by atoms with Gasteiger partial charge < -0.3 is 15.4 Å². The minimum Gasteiger partial charge on any atom is -0.464 e. The number of nitrogens with zero attached hydrogens (tertiary/aromatic N) is 2. The number of nitrogens with one attached hydrogen (secondary N) is 2. The van der Waals surface area contributed by atoms with E-state index in [1.165, 1.54) is 12.4 Å². The van der Waals surface area contributed by atoms with Gasteiger partial charge in [-0.15, -0.1) is 0 Å². The van der Waals surface area contributed by atoms with Crippen LogP contribution in [0.1, 0.15) is 6.92 Å². The van der Waals surface area contributed by atoms with Crippen molar-refractivity contribution in [3.63, 3.8) is 0 Å². The van der Waals surface area contributed by atoms with E-state index in [1.807, 2.05) is 6.92 Å². The second-order valence-corrected chi connectivity index (χ2v) is 4.15. The molecule has 1 aromatic carbocycles. The van der Waals surface area contributed by atoms with Crippen molar-refractivity contribution >= 4 is 29.0 Å². The van der Waals surface area contributed by atoms with Crippen LogP contribution in [0.3, 0.4) is 0 Å². The van der Waals surface area contributed by atoms with Gasteiger partial charge in [-0.1, -0.05) is 23.7 Å². The molecule has 0 aliphatic carbocycles. The summed E-state index contributed by atoms with van der Waals surface area (Å²) in [6.07, 6.45) is 2.92. The Hall–Kier alpha value is -2.34. The number of para-hydroxylation sites is 1.